The minimum Gasteiger partial charge on any atom is -0.399 e. The van der Waals surface area contributed by atoms with E-state index in [4.69, 9.17) is 9.31 Å². The summed E-state index contributed by atoms with van der Waals surface area (Å²) >= 11 is 1.81. The van der Waals surface area contributed by atoms with Crippen molar-refractivity contribution < 1.29 is 13.7 Å². The SMILES string of the molecule is CCSCc1ccc(F)cc1B1OC(C)(C)C(C)(C)O1. The van der Waals surface area contributed by atoms with Gasteiger partial charge in [0.1, 0.15) is 5.82 Å². The van der Waals surface area contributed by atoms with Gasteiger partial charge in [-0.25, -0.2) is 4.39 Å². The van der Waals surface area contributed by atoms with E-state index in [2.05, 4.69) is 6.92 Å². The summed E-state index contributed by atoms with van der Waals surface area (Å²) in [5.41, 5.74) is 1.08. The van der Waals surface area contributed by atoms with Crippen LogP contribution in [0.3, 0.4) is 0 Å². The monoisotopic (exact) mass is 296 g/mol. The molecular weight excluding hydrogens is 274 g/mol. The molecule has 2 rings (SSSR count). The molecule has 1 aliphatic rings. The van der Waals surface area contributed by atoms with Gasteiger partial charge in [0.05, 0.1) is 11.2 Å². The Kier molecular flexibility index (Phi) is 4.52. The maximum Gasteiger partial charge on any atom is 0.495 e. The van der Waals surface area contributed by atoms with Crippen molar-refractivity contribution in [3.05, 3.63) is 29.6 Å². The van der Waals surface area contributed by atoms with Crippen LogP contribution in [0.1, 0.15) is 40.2 Å². The molecule has 0 amide bonds. The van der Waals surface area contributed by atoms with Crippen LogP contribution in [0, 0.1) is 5.82 Å². The lowest BCUT2D eigenvalue weighted by Crippen LogP contribution is -2.41. The van der Waals surface area contributed by atoms with Gasteiger partial charge < -0.3 is 9.31 Å². The maximum atomic E-state index is 13.6. The molecule has 1 aliphatic heterocycles. The van der Waals surface area contributed by atoms with Crippen molar-refractivity contribution in [2.75, 3.05) is 5.75 Å². The molecule has 0 saturated carbocycles. The Bertz CT molecular complexity index is 475. The standard InChI is InChI=1S/C15H22BFO2S/c1-6-20-10-11-7-8-12(17)9-13(11)16-18-14(2,3)15(4,5)19-16/h7-9H,6,10H2,1-5H3. The highest BCUT2D eigenvalue weighted by atomic mass is 32.2. The van der Waals surface area contributed by atoms with Crippen molar-refractivity contribution in [1.29, 1.82) is 0 Å². The number of rotatable bonds is 4. The topological polar surface area (TPSA) is 18.5 Å². The Morgan fingerprint density at radius 1 is 1.15 bits per heavy atom. The van der Waals surface area contributed by atoms with Gasteiger partial charge in [-0.1, -0.05) is 13.0 Å². The average Bonchev–Trinajstić information content (AvgIpc) is 2.57. The molecule has 0 atom stereocenters. The molecule has 1 fully saturated rings. The van der Waals surface area contributed by atoms with E-state index in [9.17, 15) is 4.39 Å². The van der Waals surface area contributed by atoms with Crippen LogP contribution in [0.5, 0.6) is 0 Å². The molecule has 20 heavy (non-hydrogen) atoms. The van der Waals surface area contributed by atoms with Gasteiger partial charge in [0, 0.05) is 5.75 Å². The normalized spacial score (nSPS) is 20.4. The molecule has 0 radical (unpaired) electrons. The van der Waals surface area contributed by atoms with Gasteiger partial charge >= 0.3 is 7.12 Å². The summed E-state index contributed by atoms with van der Waals surface area (Å²) in [6.07, 6.45) is 0. The highest BCUT2D eigenvalue weighted by Gasteiger charge is 2.52. The van der Waals surface area contributed by atoms with Gasteiger partial charge in [-0.15, -0.1) is 0 Å². The van der Waals surface area contributed by atoms with E-state index < -0.39 is 18.3 Å². The van der Waals surface area contributed by atoms with E-state index in [1.807, 2.05) is 33.8 Å². The summed E-state index contributed by atoms with van der Waals surface area (Å²) in [5.74, 6) is 1.62. The summed E-state index contributed by atoms with van der Waals surface area (Å²) in [5, 5.41) is 0. The van der Waals surface area contributed by atoms with Gasteiger partial charge in [0.2, 0.25) is 0 Å². The molecule has 1 saturated heterocycles. The fourth-order valence-corrected chi connectivity index (χ4v) is 2.79. The van der Waals surface area contributed by atoms with Crippen LogP contribution in [0.2, 0.25) is 0 Å². The molecule has 0 bridgehead atoms. The molecule has 0 aromatic heterocycles. The van der Waals surface area contributed by atoms with Crippen LogP contribution < -0.4 is 5.46 Å². The van der Waals surface area contributed by atoms with Gasteiger partial charge in [-0.3, -0.25) is 0 Å². The Morgan fingerprint density at radius 2 is 1.75 bits per heavy atom. The van der Waals surface area contributed by atoms with Crippen molar-refractivity contribution in [3.63, 3.8) is 0 Å². The molecule has 110 valence electrons. The first-order valence-corrected chi connectivity index (χ1v) is 8.14. The second-order valence-corrected chi connectivity index (χ2v) is 7.34. The number of hydrogen-bond acceptors (Lipinski definition) is 3. The Hall–Kier alpha value is -0.515. The zero-order chi connectivity index (χ0) is 15.0. The first-order chi connectivity index (χ1) is 9.27. The number of hydrogen-bond donors (Lipinski definition) is 0. The molecule has 2 nitrogen and oxygen atoms in total. The summed E-state index contributed by atoms with van der Waals surface area (Å²) in [4.78, 5) is 0. The molecular formula is C15H22BFO2S. The molecule has 0 aliphatic carbocycles. The van der Waals surface area contributed by atoms with Gasteiger partial charge in [0.25, 0.3) is 0 Å². The largest absolute Gasteiger partial charge is 0.495 e. The van der Waals surface area contributed by atoms with Crippen molar-refractivity contribution >= 4 is 24.3 Å². The predicted molar refractivity (Wildman–Crippen MR) is 84.0 cm³/mol. The van der Waals surface area contributed by atoms with E-state index >= 15 is 0 Å². The molecule has 1 aromatic carbocycles. The van der Waals surface area contributed by atoms with Crippen LogP contribution in [-0.2, 0) is 15.1 Å². The third-order valence-corrected chi connectivity index (χ3v) is 5.00. The van der Waals surface area contributed by atoms with Crippen molar-refractivity contribution in [1.82, 2.24) is 0 Å². The molecule has 0 unspecified atom stereocenters. The van der Waals surface area contributed by atoms with Crippen LogP contribution in [-0.4, -0.2) is 24.1 Å². The first kappa shape index (κ1) is 15.9. The van der Waals surface area contributed by atoms with Crippen LogP contribution in [0.25, 0.3) is 0 Å². The van der Waals surface area contributed by atoms with Crippen molar-refractivity contribution in [2.45, 2.75) is 51.6 Å². The summed E-state index contributed by atoms with van der Waals surface area (Å²) in [6, 6.07) is 4.87. The molecule has 1 heterocycles. The van der Waals surface area contributed by atoms with Crippen LogP contribution >= 0.6 is 11.8 Å². The third-order valence-electron chi connectivity index (χ3n) is 4.08. The minimum absolute atomic E-state index is 0.250. The second-order valence-electron chi connectivity index (χ2n) is 6.07. The quantitative estimate of drug-likeness (QED) is 0.794. The summed E-state index contributed by atoms with van der Waals surface area (Å²) in [6.45, 7) is 10.1. The second kappa shape index (κ2) is 5.70. The number of halogens is 1. The lowest BCUT2D eigenvalue weighted by molar-refractivity contribution is 0.00578. The fourth-order valence-electron chi connectivity index (χ4n) is 2.10. The Balaban J connectivity index is 2.31. The molecule has 0 N–H and O–H groups in total. The van der Waals surface area contributed by atoms with E-state index in [0.29, 0.717) is 0 Å². The lowest BCUT2D eigenvalue weighted by Gasteiger charge is -2.32. The van der Waals surface area contributed by atoms with Gasteiger partial charge in [0.15, 0.2) is 0 Å². The third kappa shape index (κ3) is 3.05. The van der Waals surface area contributed by atoms with E-state index in [0.717, 1.165) is 22.5 Å². The number of benzene rings is 1. The minimum atomic E-state index is -0.497. The van der Waals surface area contributed by atoms with Crippen LogP contribution in [0.15, 0.2) is 18.2 Å². The smallest absolute Gasteiger partial charge is 0.399 e. The molecule has 1 aromatic rings. The zero-order valence-electron chi connectivity index (χ0n) is 12.8. The van der Waals surface area contributed by atoms with E-state index in [-0.39, 0.29) is 5.82 Å². The van der Waals surface area contributed by atoms with E-state index in [1.54, 1.807) is 11.8 Å². The zero-order valence-corrected chi connectivity index (χ0v) is 13.6. The lowest BCUT2D eigenvalue weighted by atomic mass is 9.76. The highest BCUT2D eigenvalue weighted by molar-refractivity contribution is 7.98. The van der Waals surface area contributed by atoms with Crippen molar-refractivity contribution in [2.24, 2.45) is 0 Å². The summed E-state index contributed by atoms with van der Waals surface area (Å²) in [7, 11) is -0.497. The summed E-state index contributed by atoms with van der Waals surface area (Å²) < 4.78 is 25.6. The highest BCUT2D eigenvalue weighted by Crippen LogP contribution is 2.36. The van der Waals surface area contributed by atoms with Gasteiger partial charge in [-0.05, 0) is 56.6 Å². The Morgan fingerprint density at radius 3 is 2.30 bits per heavy atom. The number of thioether (sulfide) groups is 1. The molecule has 5 heteroatoms. The molecule has 0 spiro atoms. The van der Waals surface area contributed by atoms with Crippen molar-refractivity contribution in [3.8, 4) is 0 Å². The Labute approximate surface area is 125 Å². The van der Waals surface area contributed by atoms with Crippen LogP contribution in [0.4, 0.5) is 4.39 Å². The fraction of sp³-hybridized carbons (Fsp3) is 0.600. The van der Waals surface area contributed by atoms with E-state index in [1.165, 1.54) is 12.1 Å². The van der Waals surface area contributed by atoms with Gasteiger partial charge in [-0.2, -0.15) is 11.8 Å². The average molecular weight is 296 g/mol. The first-order valence-electron chi connectivity index (χ1n) is 6.98. The predicted octanol–water partition coefficient (Wildman–Crippen LogP) is 3.38. The maximum absolute atomic E-state index is 13.6.